The van der Waals surface area contributed by atoms with Crippen LogP contribution in [0.5, 0.6) is 0 Å². The van der Waals surface area contributed by atoms with E-state index < -0.39 is 0 Å². The highest BCUT2D eigenvalue weighted by Crippen LogP contribution is 2.24. The van der Waals surface area contributed by atoms with E-state index in [0.717, 1.165) is 28.0 Å². The Labute approximate surface area is 168 Å². The lowest BCUT2D eigenvalue weighted by atomic mass is 10.1. The molecular weight excluding hydrogens is 366 g/mol. The van der Waals surface area contributed by atoms with Gasteiger partial charge < -0.3 is 20.5 Å². The zero-order chi connectivity index (χ0) is 20.4. The lowest BCUT2D eigenvalue weighted by Crippen LogP contribution is -2.24. The molecule has 0 saturated carbocycles. The summed E-state index contributed by atoms with van der Waals surface area (Å²) in [4.78, 5) is 33.5. The Hall–Kier alpha value is -3.61. The molecule has 1 aliphatic heterocycles. The second-order valence-electron chi connectivity index (χ2n) is 7.19. The fraction of sp³-hybridized carbons (Fsp3) is 0.227. The Morgan fingerprint density at radius 2 is 2.14 bits per heavy atom. The number of aromatic nitrogens is 2. The number of H-pyrrole nitrogens is 1. The Morgan fingerprint density at radius 3 is 2.97 bits per heavy atom. The molecule has 3 heterocycles. The van der Waals surface area contributed by atoms with Crippen molar-refractivity contribution in [3.8, 4) is 0 Å². The largest absolute Gasteiger partial charge is 0.382 e. The number of hydrogen-bond acceptors (Lipinski definition) is 4. The van der Waals surface area contributed by atoms with Crippen molar-refractivity contribution in [2.75, 3.05) is 24.2 Å². The molecule has 0 saturated heterocycles. The van der Waals surface area contributed by atoms with Crippen LogP contribution in [0, 0.1) is 6.92 Å². The molecule has 0 bridgehead atoms. The van der Waals surface area contributed by atoms with Gasteiger partial charge in [-0.05, 0) is 36.3 Å². The Bertz CT molecular complexity index is 1120. The van der Waals surface area contributed by atoms with Crippen LogP contribution in [0.15, 0.2) is 42.6 Å². The predicted octanol–water partition coefficient (Wildman–Crippen LogP) is 3.30. The van der Waals surface area contributed by atoms with Crippen LogP contribution in [0.25, 0.3) is 17.0 Å². The standard InChI is InChI=1S/C22H23N5O2/c1-14-16-5-3-4-6-17(16)25-19(14)13-27(2)21(29)8-7-15-11-18-22(24-12-15)26-20(28)9-10-23-18/h3-8,11-12,23,25H,9-10,13H2,1-2H3,(H,24,26,28). The van der Waals surface area contributed by atoms with E-state index in [9.17, 15) is 9.59 Å². The molecule has 148 valence electrons. The summed E-state index contributed by atoms with van der Waals surface area (Å²) in [6, 6.07) is 10.00. The van der Waals surface area contributed by atoms with Gasteiger partial charge in [-0.3, -0.25) is 9.59 Å². The molecular formula is C22H23N5O2. The fourth-order valence-corrected chi connectivity index (χ4v) is 3.42. The summed E-state index contributed by atoms with van der Waals surface area (Å²) in [5.41, 5.74) is 4.81. The van der Waals surface area contributed by atoms with Crippen molar-refractivity contribution < 1.29 is 9.59 Å². The van der Waals surface area contributed by atoms with Gasteiger partial charge in [0, 0.05) is 48.9 Å². The van der Waals surface area contributed by atoms with Crippen molar-refractivity contribution in [2.45, 2.75) is 19.9 Å². The predicted molar refractivity (Wildman–Crippen MR) is 115 cm³/mol. The van der Waals surface area contributed by atoms with Crippen molar-refractivity contribution >= 4 is 40.3 Å². The number of hydrogen-bond donors (Lipinski definition) is 3. The fourth-order valence-electron chi connectivity index (χ4n) is 3.42. The number of pyridine rings is 1. The number of carbonyl (C=O) groups is 2. The van der Waals surface area contributed by atoms with Crippen molar-refractivity contribution in [1.29, 1.82) is 0 Å². The maximum atomic E-state index is 12.6. The number of benzene rings is 1. The van der Waals surface area contributed by atoms with Crippen molar-refractivity contribution in [3.05, 3.63) is 59.4 Å². The lowest BCUT2D eigenvalue weighted by Gasteiger charge is -2.15. The Balaban J connectivity index is 1.45. The van der Waals surface area contributed by atoms with E-state index in [-0.39, 0.29) is 11.8 Å². The van der Waals surface area contributed by atoms with Gasteiger partial charge in [0.15, 0.2) is 5.82 Å². The number of fused-ring (bicyclic) bond motifs is 2. The molecule has 7 heteroatoms. The van der Waals surface area contributed by atoms with E-state index in [4.69, 9.17) is 0 Å². The van der Waals surface area contributed by atoms with Gasteiger partial charge in [-0.15, -0.1) is 0 Å². The van der Waals surface area contributed by atoms with Crippen LogP contribution >= 0.6 is 0 Å². The van der Waals surface area contributed by atoms with E-state index in [1.807, 2.05) is 24.3 Å². The van der Waals surface area contributed by atoms with Crippen LogP contribution in [-0.2, 0) is 16.1 Å². The minimum Gasteiger partial charge on any atom is -0.382 e. The average Bonchev–Trinajstić information content (AvgIpc) is 2.90. The van der Waals surface area contributed by atoms with Crippen molar-refractivity contribution in [2.24, 2.45) is 0 Å². The molecule has 0 radical (unpaired) electrons. The van der Waals surface area contributed by atoms with E-state index in [1.54, 1.807) is 24.2 Å². The minimum absolute atomic E-state index is 0.0592. The van der Waals surface area contributed by atoms with Crippen LogP contribution < -0.4 is 10.6 Å². The monoisotopic (exact) mass is 389 g/mol. The maximum Gasteiger partial charge on any atom is 0.246 e. The van der Waals surface area contributed by atoms with Crippen molar-refractivity contribution in [3.63, 3.8) is 0 Å². The SMILES string of the molecule is Cc1c(CN(C)C(=O)C=Cc2cnc3c(c2)NCCC(=O)N3)[nH]c2ccccc12. The third-order valence-corrected chi connectivity index (χ3v) is 5.09. The van der Waals surface area contributed by atoms with E-state index in [2.05, 4.69) is 33.6 Å². The van der Waals surface area contributed by atoms with Gasteiger partial charge in [0.25, 0.3) is 0 Å². The molecule has 2 aromatic heterocycles. The smallest absolute Gasteiger partial charge is 0.246 e. The molecule has 3 aromatic rings. The molecule has 3 N–H and O–H groups in total. The van der Waals surface area contributed by atoms with Crippen LogP contribution in [0.2, 0.25) is 0 Å². The summed E-state index contributed by atoms with van der Waals surface area (Å²) in [7, 11) is 1.78. The average molecular weight is 389 g/mol. The second kappa shape index (κ2) is 7.79. The van der Waals surface area contributed by atoms with Crippen LogP contribution in [0.4, 0.5) is 11.5 Å². The molecule has 2 amide bonds. The van der Waals surface area contributed by atoms with Gasteiger partial charge in [-0.1, -0.05) is 18.2 Å². The van der Waals surface area contributed by atoms with Gasteiger partial charge in [0.05, 0.1) is 12.2 Å². The van der Waals surface area contributed by atoms with Gasteiger partial charge in [0.2, 0.25) is 11.8 Å². The second-order valence-corrected chi connectivity index (χ2v) is 7.19. The minimum atomic E-state index is -0.0979. The molecule has 0 aliphatic carbocycles. The number of rotatable bonds is 4. The van der Waals surface area contributed by atoms with Gasteiger partial charge in [0.1, 0.15) is 0 Å². The van der Waals surface area contributed by atoms with E-state index in [0.29, 0.717) is 25.3 Å². The molecule has 0 unspecified atom stereocenters. The highest BCUT2D eigenvalue weighted by Gasteiger charge is 2.14. The van der Waals surface area contributed by atoms with E-state index >= 15 is 0 Å². The topological polar surface area (TPSA) is 90.1 Å². The highest BCUT2D eigenvalue weighted by molar-refractivity contribution is 5.95. The molecule has 1 aromatic carbocycles. The first-order valence-corrected chi connectivity index (χ1v) is 9.54. The van der Waals surface area contributed by atoms with Crippen LogP contribution in [0.3, 0.4) is 0 Å². The number of nitrogens with one attached hydrogen (secondary N) is 3. The molecule has 29 heavy (non-hydrogen) atoms. The summed E-state index contributed by atoms with van der Waals surface area (Å²) in [5.74, 6) is 0.359. The third kappa shape index (κ3) is 3.99. The molecule has 4 rings (SSSR count). The summed E-state index contributed by atoms with van der Waals surface area (Å²) in [6.07, 6.45) is 5.31. The number of aromatic amines is 1. The van der Waals surface area contributed by atoms with Crippen LogP contribution in [0.1, 0.15) is 23.2 Å². The normalized spacial score (nSPS) is 13.7. The Kier molecular flexibility index (Phi) is 5.03. The number of anilines is 2. The van der Waals surface area contributed by atoms with Crippen molar-refractivity contribution in [1.82, 2.24) is 14.9 Å². The van der Waals surface area contributed by atoms with Gasteiger partial charge >= 0.3 is 0 Å². The van der Waals surface area contributed by atoms with Crippen LogP contribution in [-0.4, -0.2) is 40.3 Å². The highest BCUT2D eigenvalue weighted by atomic mass is 16.2. The summed E-state index contributed by atoms with van der Waals surface area (Å²) in [5, 5.41) is 7.12. The Morgan fingerprint density at radius 1 is 1.31 bits per heavy atom. The quantitative estimate of drug-likeness (QED) is 0.597. The first kappa shape index (κ1) is 18.7. The van der Waals surface area contributed by atoms with E-state index in [1.165, 1.54) is 11.5 Å². The molecule has 0 atom stereocenters. The number of nitrogens with zero attached hydrogens (tertiary/aromatic N) is 2. The first-order chi connectivity index (χ1) is 14.0. The number of likely N-dealkylation sites (N-methyl/N-ethyl adjacent to an activating group) is 1. The third-order valence-electron chi connectivity index (χ3n) is 5.09. The van der Waals surface area contributed by atoms with Gasteiger partial charge in [-0.25, -0.2) is 4.98 Å². The number of aryl methyl sites for hydroxylation is 1. The van der Waals surface area contributed by atoms with Gasteiger partial charge in [-0.2, -0.15) is 0 Å². The zero-order valence-electron chi connectivity index (χ0n) is 16.5. The summed E-state index contributed by atoms with van der Waals surface area (Å²) in [6.45, 7) is 3.12. The summed E-state index contributed by atoms with van der Waals surface area (Å²) >= 11 is 0. The molecule has 1 aliphatic rings. The lowest BCUT2D eigenvalue weighted by molar-refractivity contribution is -0.125. The first-order valence-electron chi connectivity index (χ1n) is 9.54. The molecule has 0 spiro atoms. The summed E-state index contributed by atoms with van der Waals surface area (Å²) < 4.78 is 0. The number of para-hydroxylation sites is 1. The molecule has 0 fully saturated rings. The number of amides is 2. The molecule has 7 nitrogen and oxygen atoms in total. The number of carbonyl (C=O) groups excluding carboxylic acids is 2. The maximum absolute atomic E-state index is 12.6. The zero-order valence-corrected chi connectivity index (χ0v) is 16.5.